The van der Waals surface area contributed by atoms with Crippen molar-refractivity contribution in [2.45, 2.75) is 37.0 Å². The van der Waals surface area contributed by atoms with E-state index in [0.29, 0.717) is 19.4 Å². The summed E-state index contributed by atoms with van der Waals surface area (Å²) >= 11 is 0. The standard InChI is InChI=1S/C9H16FNO2/c10-9(2-3-9)8(5-12)11-7-1-4-13-6-7/h7-8,11-12H,1-6H2. The molecule has 2 atom stereocenters. The zero-order chi connectivity index (χ0) is 9.31. The van der Waals surface area contributed by atoms with Crippen LogP contribution < -0.4 is 5.32 Å². The number of alkyl halides is 1. The molecule has 1 heterocycles. The van der Waals surface area contributed by atoms with Crippen molar-refractivity contribution < 1.29 is 14.2 Å². The first-order chi connectivity index (χ1) is 6.24. The first-order valence-electron chi connectivity index (χ1n) is 4.88. The minimum atomic E-state index is -1.14. The molecule has 2 unspecified atom stereocenters. The summed E-state index contributed by atoms with van der Waals surface area (Å²) in [6.07, 6.45) is 2.09. The van der Waals surface area contributed by atoms with Crippen molar-refractivity contribution in [3.63, 3.8) is 0 Å². The second-order valence-electron chi connectivity index (χ2n) is 4.00. The van der Waals surface area contributed by atoms with E-state index in [1.807, 2.05) is 0 Å². The molecule has 1 aliphatic heterocycles. The van der Waals surface area contributed by atoms with Crippen LogP contribution in [-0.4, -0.2) is 42.7 Å². The van der Waals surface area contributed by atoms with Crippen LogP contribution >= 0.6 is 0 Å². The Labute approximate surface area is 77.3 Å². The van der Waals surface area contributed by atoms with Crippen LogP contribution in [0.15, 0.2) is 0 Å². The summed E-state index contributed by atoms with van der Waals surface area (Å²) in [6.45, 7) is 1.27. The maximum atomic E-state index is 13.6. The maximum Gasteiger partial charge on any atom is 0.128 e. The lowest BCUT2D eigenvalue weighted by molar-refractivity contribution is 0.130. The third-order valence-corrected chi connectivity index (χ3v) is 2.90. The summed E-state index contributed by atoms with van der Waals surface area (Å²) in [5.74, 6) is 0. The predicted molar refractivity (Wildman–Crippen MR) is 46.3 cm³/mol. The van der Waals surface area contributed by atoms with Crippen LogP contribution in [-0.2, 0) is 4.74 Å². The lowest BCUT2D eigenvalue weighted by Gasteiger charge is -2.23. The van der Waals surface area contributed by atoms with E-state index in [0.717, 1.165) is 13.0 Å². The Bertz CT molecular complexity index is 178. The predicted octanol–water partition coefficient (Wildman–Crippen LogP) is 0.228. The Kier molecular flexibility index (Phi) is 2.53. The van der Waals surface area contributed by atoms with Gasteiger partial charge in [0, 0.05) is 12.6 Å². The molecule has 0 aromatic rings. The molecule has 0 spiro atoms. The van der Waals surface area contributed by atoms with Crippen molar-refractivity contribution in [2.24, 2.45) is 0 Å². The fraction of sp³-hybridized carbons (Fsp3) is 1.00. The molecular formula is C9H16FNO2. The van der Waals surface area contributed by atoms with Gasteiger partial charge in [-0.15, -0.1) is 0 Å². The number of halogens is 1. The van der Waals surface area contributed by atoms with Crippen molar-refractivity contribution >= 4 is 0 Å². The Morgan fingerprint density at radius 1 is 1.62 bits per heavy atom. The first-order valence-corrected chi connectivity index (χ1v) is 4.88. The van der Waals surface area contributed by atoms with Crippen molar-refractivity contribution in [1.82, 2.24) is 5.32 Å². The number of hydrogen-bond acceptors (Lipinski definition) is 3. The molecule has 0 radical (unpaired) electrons. The molecular weight excluding hydrogens is 173 g/mol. The minimum Gasteiger partial charge on any atom is -0.395 e. The number of hydrogen-bond donors (Lipinski definition) is 2. The average molecular weight is 189 g/mol. The third-order valence-electron chi connectivity index (χ3n) is 2.90. The SMILES string of the molecule is OCC(NC1CCOC1)C1(F)CC1. The second kappa shape index (κ2) is 3.52. The zero-order valence-corrected chi connectivity index (χ0v) is 7.63. The van der Waals surface area contributed by atoms with E-state index in [9.17, 15) is 4.39 Å². The molecule has 0 amide bonds. The molecule has 4 heteroatoms. The summed E-state index contributed by atoms with van der Waals surface area (Å²) in [5, 5.41) is 12.1. The molecule has 2 aliphatic rings. The number of aliphatic hydroxyl groups is 1. The van der Waals surface area contributed by atoms with E-state index in [1.165, 1.54) is 0 Å². The fourth-order valence-corrected chi connectivity index (χ4v) is 1.78. The first kappa shape index (κ1) is 9.37. The average Bonchev–Trinajstić information content (AvgIpc) is 2.70. The van der Waals surface area contributed by atoms with Crippen LogP contribution in [0.5, 0.6) is 0 Å². The summed E-state index contributed by atoms with van der Waals surface area (Å²) in [5.41, 5.74) is -1.14. The van der Waals surface area contributed by atoms with E-state index in [4.69, 9.17) is 9.84 Å². The van der Waals surface area contributed by atoms with E-state index >= 15 is 0 Å². The van der Waals surface area contributed by atoms with Crippen LogP contribution in [0.4, 0.5) is 4.39 Å². The molecule has 3 nitrogen and oxygen atoms in total. The zero-order valence-electron chi connectivity index (χ0n) is 7.63. The summed E-state index contributed by atoms with van der Waals surface area (Å²) in [4.78, 5) is 0. The highest BCUT2D eigenvalue weighted by Crippen LogP contribution is 2.43. The van der Waals surface area contributed by atoms with Gasteiger partial charge in [0.05, 0.1) is 19.3 Å². The normalized spacial score (nSPS) is 33.2. The quantitative estimate of drug-likeness (QED) is 0.665. The van der Waals surface area contributed by atoms with Crippen molar-refractivity contribution in [3.05, 3.63) is 0 Å². The van der Waals surface area contributed by atoms with Gasteiger partial charge in [0.15, 0.2) is 0 Å². The van der Waals surface area contributed by atoms with Crippen LogP contribution in [0, 0.1) is 0 Å². The van der Waals surface area contributed by atoms with E-state index in [-0.39, 0.29) is 18.7 Å². The van der Waals surface area contributed by atoms with Gasteiger partial charge in [-0.05, 0) is 19.3 Å². The van der Waals surface area contributed by atoms with Crippen LogP contribution in [0.1, 0.15) is 19.3 Å². The summed E-state index contributed by atoms with van der Waals surface area (Å²) in [6, 6.07) is -0.162. The topological polar surface area (TPSA) is 41.5 Å². The van der Waals surface area contributed by atoms with Crippen molar-refractivity contribution in [2.75, 3.05) is 19.8 Å². The van der Waals surface area contributed by atoms with Gasteiger partial charge in [0.25, 0.3) is 0 Å². The highest BCUT2D eigenvalue weighted by atomic mass is 19.1. The van der Waals surface area contributed by atoms with Gasteiger partial charge in [-0.2, -0.15) is 0 Å². The van der Waals surface area contributed by atoms with Crippen LogP contribution in [0.2, 0.25) is 0 Å². The van der Waals surface area contributed by atoms with E-state index in [2.05, 4.69) is 5.32 Å². The Morgan fingerprint density at radius 2 is 2.38 bits per heavy atom. The lowest BCUT2D eigenvalue weighted by Crippen LogP contribution is -2.47. The van der Waals surface area contributed by atoms with Crippen molar-refractivity contribution in [1.29, 1.82) is 0 Å². The number of rotatable bonds is 4. The number of nitrogens with one attached hydrogen (secondary N) is 1. The van der Waals surface area contributed by atoms with Gasteiger partial charge >= 0.3 is 0 Å². The molecule has 0 aromatic carbocycles. The number of aliphatic hydroxyl groups excluding tert-OH is 1. The maximum absolute atomic E-state index is 13.6. The molecule has 13 heavy (non-hydrogen) atoms. The molecule has 1 saturated heterocycles. The van der Waals surface area contributed by atoms with Gasteiger partial charge in [-0.3, -0.25) is 0 Å². The Morgan fingerprint density at radius 3 is 2.85 bits per heavy atom. The molecule has 2 rings (SSSR count). The van der Waals surface area contributed by atoms with Gasteiger partial charge in [0.2, 0.25) is 0 Å². The molecule has 76 valence electrons. The van der Waals surface area contributed by atoms with E-state index in [1.54, 1.807) is 0 Å². The molecule has 1 saturated carbocycles. The molecule has 2 N–H and O–H groups in total. The van der Waals surface area contributed by atoms with Crippen LogP contribution in [0.3, 0.4) is 0 Å². The molecule has 0 bridgehead atoms. The monoisotopic (exact) mass is 189 g/mol. The van der Waals surface area contributed by atoms with Crippen molar-refractivity contribution in [3.8, 4) is 0 Å². The summed E-state index contributed by atoms with van der Waals surface area (Å²) in [7, 11) is 0. The minimum absolute atomic E-state index is 0.118. The Balaban J connectivity index is 1.83. The third kappa shape index (κ3) is 2.00. The van der Waals surface area contributed by atoms with Gasteiger partial charge in [-0.1, -0.05) is 0 Å². The Hall–Kier alpha value is -0.190. The van der Waals surface area contributed by atoms with Gasteiger partial charge in [-0.25, -0.2) is 4.39 Å². The largest absolute Gasteiger partial charge is 0.395 e. The second-order valence-corrected chi connectivity index (χ2v) is 4.00. The smallest absolute Gasteiger partial charge is 0.128 e. The molecule has 2 fully saturated rings. The molecule has 1 aliphatic carbocycles. The van der Waals surface area contributed by atoms with Gasteiger partial charge in [0.1, 0.15) is 5.67 Å². The lowest BCUT2D eigenvalue weighted by atomic mass is 10.1. The highest BCUT2D eigenvalue weighted by Gasteiger charge is 2.50. The number of ether oxygens (including phenoxy) is 1. The van der Waals surface area contributed by atoms with Crippen LogP contribution in [0.25, 0.3) is 0 Å². The molecule has 0 aromatic heterocycles. The van der Waals surface area contributed by atoms with E-state index < -0.39 is 5.67 Å². The highest BCUT2D eigenvalue weighted by molar-refractivity contribution is 5.04. The summed E-state index contributed by atoms with van der Waals surface area (Å²) < 4.78 is 18.7. The fourth-order valence-electron chi connectivity index (χ4n) is 1.78. The van der Waals surface area contributed by atoms with Gasteiger partial charge < -0.3 is 15.2 Å².